The van der Waals surface area contributed by atoms with E-state index in [1.165, 1.54) is 31.0 Å². The van der Waals surface area contributed by atoms with Gasteiger partial charge in [-0.1, -0.05) is 31.0 Å². The molecule has 1 aliphatic carbocycles. The summed E-state index contributed by atoms with van der Waals surface area (Å²) in [6, 6.07) is 4.43. The molecule has 2 aromatic heterocycles. The van der Waals surface area contributed by atoms with E-state index in [1.807, 2.05) is 31.2 Å². The molecule has 0 bridgehead atoms. The third-order valence-electron chi connectivity index (χ3n) is 4.79. The van der Waals surface area contributed by atoms with Crippen molar-refractivity contribution in [1.82, 2.24) is 20.1 Å². The van der Waals surface area contributed by atoms with Crippen LogP contribution in [0.2, 0.25) is 0 Å². The lowest BCUT2D eigenvalue weighted by Crippen LogP contribution is -2.46. The third-order valence-corrected chi connectivity index (χ3v) is 5.62. The fourth-order valence-corrected chi connectivity index (χ4v) is 4.25. The Labute approximate surface area is 164 Å². The van der Waals surface area contributed by atoms with E-state index < -0.39 is 0 Å². The van der Waals surface area contributed by atoms with Gasteiger partial charge in [-0.25, -0.2) is 4.98 Å². The molecule has 1 amide bonds. The van der Waals surface area contributed by atoms with Crippen LogP contribution in [0.3, 0.4) is 0 Å². The summed E-state index contributed by atoms with van der Waals surface area (Å²) in [4.78, 5) is 19.3. The van der Waals surface area contributed by atoms with Crippen molar-refractivity contribution in [2.75, 3.05) is 5.75 Å². The molecule has 146 valence electrons. The predicted octanol–water partition coefficient (Wildman–Crippen LogP) is 4.54. The summed E-state index contributed by atoms with van der Waals surface area (Å²) >= 11 is 1.38. The van der Waals surface area contributed by atoms with Crippen molar-refractivity contribution in [3.05, 3.63) is 29.5 Å². The second-order valence-electron chi connectivity index (χ2n) is 7.26. The highest BCUT2D eigenvalue weighted by atomic mass is 32.2. The number of carbonyl (C=O) groups is 1. The van der Waals surface area contributed by atoms with Gasteiger partial charge in [-0.3, -0.25) is 9.89 Å². The minimum atomic E-state index is 0.176. The molecule has 0 aliphatic heterocycles. The second-order valence-corrected chi connectivity index (χ2v) is 8.20. The fourth-order valence-electron chi connectivity index (χ4n) is 3.57. The van der Waals surface area contributed by atoms with E-state index in [4.69, 9.17) is 4.42 Å². The molecule has 6 nitrogen and oxygen atoms in total. The summed E-state index contributed by atoms with van der Waals surface area (Å²) < 4.78 is 5.49. The van der Waals surface area contributed by atoms with Crippen LogP contribution < -0.4 is 0 Å². The van der Waals surface area contributed by atoms with E-state index in [-0.39, 0.29) is 11.9 Å². The van der Waals surface area contributed by atoms with Gasteiger partial charge in [0.15, 0.2) is 0 Å². The number of thioether (sulfide) groups is 1. The van der Waals surface area contributed by atoms with Crippen molar-refractivity contribution in [2.24, 2.45) is 0 Å². The van der Waals surface area contributed by atoms with Gasteiger partial charge in [0, 0.05) is 12.1 Å². The highest BCUT2D eigenvalue weighted by Crippen LogP contribution is 2.25. The normalized spacial score (nSPS) is 15.7. The molecule has 1 N–H and O–H groups in total. The highest BCUT2D eigenvalue weighted by molar-refractivity contribution is 7.99. The first-order chi connectivity index (χ1) is 13.0. The van der Waals surface area contributed by atoms with Gasteiger partial charge < -0.3 is 9.32 Å². The standard InChI is InChI=1S/C20H28N4O2S/c1-14(2)24(16-7-5-4-6-8-16)19(25)13-27-20-21-18(22-23-20)12-11-17-10-9-15(3)26-17/h9-12,14,16H,4-8,13H2,1-3H3,(H,21,22,23)/b12-11+. The number of carbonyl (C=O) groups excluding carboxylic acids is 1. The number of aromatic amines is 1. The van der Waals surface area contributed by atoms with E-state index in [0.29, 0.717) is 22.8 Å². The minimum absolute atomic E-state index is 0.176. The molecule has 0 aromatic carbocycles. The number of hydrogen-bond donors (Lipinski definition) is 1. The zero-order valence-electron chi connectivity index (χ0n) is 16.3. The smallest absolute Gasteiger partial charge is 0.233 e. The first kappa shape index (κ1) is 19.7. The second kappa shape index (κ2) is 9.26. The van der Waals surface area contributed by atoms with Crippen molar-refractivity contribution in [1.29, 1.82) is 0 Å². The van der Waals surface area contributed by atoms with Crippen molar-refractivity contribution in [3.8, 4) is 0 Å². The van der Waals surface area contributed by atoms with Crippen LogP contribution in [0.25, 0.3) is 12.2 Å². The van der Waals surface area contributed by atoms with Gasteiger partial charge in [-0.15, -0.1) is 5.10 Å². The van der Waals surface area contributed by atoms with Crippen molar-refractivity contribution in [2.45, 2.75) is 70.1 Å². The lowest BCUT2D eigenvalue weighted by Gasteiger charge is -2.37. The van der Waals surface area contributed by atoms with Crippen LogP contribution in [0.5, 0.6) is 0 Å². The zero-order valence-corrected chi connectivity index (χ0v) is 17.1. The largest absolute Gasteiger partial charge is 0.462 e. The Kier molecular flexibility index (Phi) is 6.77. The molecule has 27 heavy (non-hydrogen) atoms. The molecule has 1 fully saturated rings. The molecule has 0 radical (unpaired) electrons. The van der Waals surface area contributed by atoms with Crippen LogP contribution in [-0.2, 0) is 4.79 Å². The van der Waals surface area contributed by atoms with Crippen LogP contribution in [-0.4, -0.2) is 43.8 Å². The number of hydrogen-bond acceptors (Lipinski definition) is 5. The Morgan fingerprint density at radius 3 is 2.78 bits per heavy atom. The number of furan rings is 1. The molecule has 7 heteroatoms. The predicted molar refractivity (Wildman–Crippen MR) is 108 cm³/mol. The van der Waals surface area contributed by atoms with E-state index in [2.05, 4.69) is 33.9 Å². The molecule has 0 spiro atoms. The summed E-state index contributed by atoms with van der Waals surface area (Å²) in [6.07, 6.45) is 9.64. The number of H-pyrrole nitrogens is 1. The average molecular weight is 389 g/mol. The Morgan fingerprint density at radius 1 is 1.33 bits per heavy atom. The molecule has 0 atom stereocenters. The highest BCUT2D eigenvalue weighted by Gasteiger charge is 2.27. The molecule has 3 rings (SSSR count). The van der Waals surface area contributed by atoms with Crippen LogP contribution in [0.15, 0.2) is 21.7 Å². The number of aromatic nitrogens is 3. The van der Waals surface area contributed by atoms with Gasteiger partial charge in [0.1, 0.15) is 17.3 Å². The molecule has 0 saturated heterocycles. The Morgan fingerprint density at radius 2 is 2.11 bits per heavy atom. The monoisotopic (exact) mass is 388 g/mol. The number of aryl methyl sites for hydroxylation is 1. The zero-order chi connectivity index (χ0) is 19.2. The summed E-state index contributed by atoms with van der Waals surface area (Å²) in [5.41, 5.74) is 0. The molecular formula is C20H28N4O2S. The maximum absolute atomic E-state index is 12.8. The average Bonchev–Trinajstić information content (AvgIpc) is 3.27. The van der Waals surface area contributed by atoms with Gasteiger partial charge in [0.25, 0.3) is 0 Å². The molecule has 1 aliphatic rings. The lowest BCUT2D eigenvalue weighted by atomic mass is 9.93. The third kappa shape index (κ3) is 5.48. The number of rotatable bonds is 7. The summed E-state index contributed by atoms with van der Waals surface area (Å²) in [7, 11) is 0. The summed E-state index contributed by atoms with van der Waals surface area (Å²) in [5, 5.41) is 7.67. The maximum atomic E-state index is 12.8. The van der Waals surface area contributed by atoms with Crippen molar-refractivity contribution in [3.63, 3.8) is 0 Å². The maximum Gasteiger partial charge on any atom is 0.233 e. The first-order valence-corrected chi connectivity index (χ1v) is 10.6. The van der Waals surface area contributed by atoms with E-state index in [9.17, 15) is 4.79 Å². The Hall–Kier alpha value is -2.02. The van der Waals surface area contributed by atoms with E-state index in [0.717, 1.165) is 24.4 Å². The Bertz CT molecular complexity index is 775. The Balaban J connectivity index is 1.55. The SMILES string of the molecule is Cc1ccc(/C=C/c2nc(SCC(=O)N(C(C)C)C3CCCCC3)n[nH]2)o1. The molecule has 2 heterocycles. The number of nitrogens with one attached hydrogen (secondary N) is 1. The number of amides is 1. The molecule has 2 aromatic rings. The summed E-state index contributed by atoms with van der Waals surface area (Å²) in [5.74, 6) is 2.83. The van der Waals surface area contributed by atoms with Crippen LogP contribution in [0.4, 0.5) is 0 Å². The van der Waals surface area contributed by atoms with Crippen LogP contribution in [0.1, 0.15) is 63.3 Å². The van der Waals surface area contributed by atoms with E-state index in [1.54, 1.807) is 0 Å². The number of nitrogens with zero attached hydrogens (tertiary/aromatic N) is 3. The van der Waals surface area contributed by atoms with Crippen molar-refractivity contribution >= 4 is 29.8 Å². The van der Waals surface area contributed by atoms with Gasteiger partial charge in [0.2, 0.25) is 11.1 Å². The summed E-state index contributed by atoms with van der Waals surface area (Å²) in [6.45, 7) is 6.11. The molecule has 1 saturated carbocycles. The minimum Gasteiger partial charge on any atom is -0.462 e. The fraction of sp³-hybridized carbons (Fsp3) is 0.550. The lowest BCUT2D eigenvalue weighted by molar-refractivity contribution is -0.133. The first-order valence-electron chi connectivity index (χ1n) is 9.64. The van der Waals surface area contributed by atoms with Gasteiger partial charge in [-0.05, 0) is 57.9 Å². The van der Waals surface area contributed by atoms with Gasteiger partial charge in [-0.2, -0.15) is 0 Å². The van der Waals surface area contributed by atoms with Crippen LogP contribution >= 0.6 is 11.8 Å². The quantitative estimate of drug-likeness (QED) is 0.705. The van der Waals surface area contributed by atoms with E-state index >= 15 is 0 Å². The molecular weight excluding hydrogens is 360 g/mol. The van der Waals surface area contributed by atoms with Crippen LogP contribution in [0, 0.1) is 6.92 Å². The topological polar surface area (TPSA) is 75.0 Å². The molecule has 0 unspecified atom stereocenters. The van der Waals surface area contributed by atoms with Crippen molar-refractivity contribution < 1.29 is 9.21 Å². The van der Waals surface area contributed by atoms with Gasteiger partial charge >= 0.3 is 0 Å². The van der Waals surface area contributed by atoms with Gasteiger partial charge in [0.05, 0.1) is 5.75 Å².